The highest BCUT2D eigenvalue weighted by Gasteiger charge is 2.22. The molecular formula is C25H26N4O3. The first-order chi connectivity index (χ1) is 15.7. The van der Waals surface area contributed by atoms with Gasteiger partial charge in [-0.25, -0.2) is 0 Å². The van der Waals surface area contributed by atoms with Crippen LogP contribution in [0.4, 0.5) is 0 Å². The molecule has 0 spiro atoms. The van der Waals surface area contributed by atoms with Gasteiger partial charge in [-0.1, -0.05) is 36.8 Å². The summed E-state index contributed by atoms with van der Waals surface area (Å²) in [6, 6.07) is 15.5. The van der Waals surface area contributed by atoms with Crippen molar-refractivity contribution in [3.8, 4) is 16.9 Å². The third-order valence-corrected chi connectivity index (χ3v) is 5.99. The lowest BCUT2D eigenvalue weighted by atomic mass is 10.0. The average molecular weight is 431 g/mol. The molecule has 1 N–H and O–H groups in total. The summed E-state index contributed by atoms with van der Waals surface area (Å²) >= 11 is 0. The summed E-state index contributed by atoms with van der Waals surface area (Å²) in [6.45, 7) is 1.42. The number of carbonyl (C=O) groups is 1. The molecule has 0 bridgehead atoms. The molecule has 0 aliphatic carbocycles. The fourth-order valence-corrected chi connectivity index (χ4v) is 4.35. The van der Waals surface area contributed by atoms with Crippen LogP contribution in [0.2, 0.25) is 0 Å². The minimum atomic E-state index is -0.241. The minimum absolute atomic E-state index is 0.241. The van der Waals surface area contributed by atoms with Crippen molar-refractivity contribution in [2.45, 2.75) is 38.6 Å². The van der Waals surface area contributed by atoms with Crippen LogP contribution in [0.15, 0.2) is 52.9 Å². The zero-order valence-electron chi connectivity index (χ0n) is 18.1. The summed E-state index contributed by atoms with van der Waals surface area (Å²) in [5, 5.41) is 12.6. The number of hydrogen-bond donors (Lipinski definition) is 1. The van der Waals surface area contributed by atoms with Crippen LogP contribution in [0.1, 0.15) is 41.5 Å². The first-order valence-electron chi connectivity index (χ1n) is 11.1. The van der Waals surface area contributed by atoms with Gasteiger partial charge in [-0.15, -0.1) is 10.2 Å². The normalized spacial score (nSPS) is 13.5. The second-order valence-corrected chi connectivity index (χ2v) is 8.03. The molecule has 32 heavy (non-hydrogen) atoms. The Morgan fingerprint density at radius 2 is 2.00 bits per heavy atom. The fraction of sp³-hybridized carbons (Fsp3) is 0.320. The van der Waals surface area contributed by atoms with E-state index in [4.69, 9.17) is 9.15 Å². The molecule has 1 aliphatic rings. The molecule has 2 aromatic heterocycles. The molecule has 2 aromatic carbocycles. The lowest BCUT2D eigenvalue weighted by Crippen LogP contribution is -2.26. The molecule has 0 atom stereocenters. The maximum atomic E-state index is 13.2. The Kier molecular flexibility index (Phi) is 5.62. The average Bonchev–Trinajstić information content (AvgIpc) is 3.31. The molecular weight excluding hydrogens is 404 g/mol. The van der Waals surface area contributed by atoms with Gasteiger partial charge in [0.25, 0.3) is 5.91 Å². The third-order valence-electron chi connectivity index (χ3n) is 5.99. The van der Waals surface area contributed by atoms with Gasteiger partial charge in [-0.05, 0) is 30.5 Å². The molecule has 5 rings (SSSR count). The molecule has 4 aromatic rings. The largest absolute Gasteiger partial charge is 0.497 e. The first kappa shape index (κ1) is 20.3. The zero-order chi connectivity index (χ0) is 21.9. The SMILES string of the molecule is COc1ccc2c(-c3ccccc3)c(C(=O)NCCc3nnc4n3CCCCC4)oc2c1. The predicted molar refractivity (Wildman–Crippen MR) is 122 cm³/mol. The summed E-state index contributed by atoms with van der Waals surface area (Å²) < 4.78 is 13.6. The van der Waals surface area contributed by atoms with Crippen molar-refractivity contribution in [3.05, 3.63) is 65.9 Å². The molecule has 164 valence electrons. The second kappa shape index (κ2) is 8.86. The minimum Gasteiger partial charge on any atom is -0.497 e. The van der Waals surface area contributed by atoms with Crippen molar-refractivity contribution in [2.75, 3.05) is 13.7 Å². The summed E-state index contributed by atoms with van der Waals surface area (Å²) in [5.74, 6) is 2.74. The van der Waals surface area contributed by atoms with Crippen LogP contribution in [-0.4, -0.2) is 34.3 Å². The van der Waals surface area contributed by atoms with Crippen LogP contribution in [0.3, 0.4) is 0 Å². The number of fused-ring (bicyclic) bond motifs is 2. The topological polar surface area (TPSA) is 82.2 Å². The standard InChI is InChI=1S/C25H26N4O3/c1-31-18-11-12-19-20(16-18)32-24(23(19)17-8-4-2-5-9-17)25(30)26-14-13-22-28-27-21-10-6-3-7-15-29(21)22/h2,4-5,8-9,11-12,16H,3,6-7,10,13-15H2,1H3,(H,26,30). The van der Waals surface area contributed by atoms with E-state index < -0.39 is 0 Å². The van der Waals surface area contributed by atoms with Gasteiger partial charge in [0, 0.05) is 42.9 Å². The predicted octanol–water partition coefficient (Wildman–Crippen LogP) is 4.40. The van der Waals surface area contributed by atoms with Crippen molar-refractivity contribution in [1.82, 2.24) is 20.1 Å². The van der Waals surface area contributed by atoms with E-state index in [2.05, 4.69) is 20.1 Å². The molecule has 3 heterocycles. The highest BCUT2D eigenvalue weighted by molar-refractivity contribution is 6.08. The fourth-order valence-electron chi connectivity index (χ4n) is 4.35. The number of methoxy groups -OCH3 is 1. The number of nitrogens with zero attached hydrogens (tertiary/aromatic N) is 3. The quantitative estimate of drug-likeness (QED) is 0.490. The molecule has 0 saturated heterocycles. The van der Waals surface area contributed by atoms with Crippen molar-refractivity contribution in [1.29, 1.82) is 0 Å². The number of nitrogens with one attached hydrogen (secondary N) is 1. The van der Waals surface area contributed by atoms with Gasteiger partial charge in [0.15, 0.2) is 0 Å². The van der Waals surface area contributed by atoms with E-state index >= 15 is 0 Å². The van der Waals surface area contributed by atoms with Crippen LogP contribution in [-0.2, 0) is 19.4 Å². The second-order valence-electron chi connectivity index (χ2n) is 8.03. The molecule has 7 nitrogen and oxygen atoms in total. The summed E-state index contributed by atoms with van der Waals surface area (Å²) in [4.78, 5) is 13.2. The number of furan rings is 1. The van der Waals surface area contributed by atoms with E-state index in [0.29, 0.717) is 30.1 Å². The lowest BCUT2D eigenvalue weighted by Gasteiger charge is -2.08. The van der Waals surface area contributed by atoms with E-state index in [-0.39, 0.29) is 5.91 Å². The third kappa shape index (κ3) is 3.86. The highest BCUT2D eigenvalue weighted by atomic mass is 16.5. The van der Waals surface area contributed by atoms with Gasteiger partial charge in [0.05, 0.1) is 7.11 Å². The smallest absolute Gasteiger partial charge is 0.287 e. The van der Waals surface area contributed by atoms with Crippen LogP contribution >= 0.6 is 0 Å². The van der Waals surface area contributed by atoms with Gasteiger partial charge in [-0.2, -0.15) is 0 Å². The van der Waals surface area contributed by atoms with E-state index in [0.717, 1.165) is 54.0 Å². The molecule has 0 saturated carbocycles. The number of hydrogen-bond acceptors (Lipinski definition) is 5. The Balaban J connectivity index is 1.39. The summed E-state index contributed by atoms with van der Waals surface area (Å²) in [6.07, 6.45) is 5.13. The Morgan fingerprint density at radius 1 is 1.12 bits per heavy atom. The maximum Gasteiger partial charge on any atom is 0.287 e. The number of ether oxygens (including phenoxy) is 1. The molecule has 7 heteroatoms. The van der Waals surface area contributed by atoms with E-state index in [9.17, 15) is 4.79 Å². The maximum absolute atomic E-state index is 13.2. The monoisotopic (exact) mass is 430 g/mol. The van der Waals surface area contributed by atoms with Gasteiger partial charge in [0.2, 0.25) is 5.76 Å². The Morgan fingerprint density at radius 3 is 2.84 bits per heavy atom. The molecule has 0 radical (unpaired) electrons. The number of benzene rings is 2. The Labute approximate surface area is 186 Å². The van der Waals surface area contributed by atoms with E-state index in [1.165, 1.54) is 6.42 Å². The van der Waals surface area contributed by atoms with Gasteiger partial charge >= 0.3 is 0 Å². The molecule has 0 unspecified atom stereocenters. The molecule has 1 aliphatic heterocycles. The highest BCUT2D eigenvalue weighted by Crippen LogP contribution is 2.36. The number of carbonyl (C=O) groups excluding carboxylic acids is 1. The Bertz CT molecular complexity index is 1240. The first-order valence-corrected chi connectivity index (χ1v) is 11.1. The van der Waals surface area contributed by atoms with E-state index in [1.54, 1.807) is 7.11 Å². The number of aromatic nitrogens is 3. The number of aryl methyl sites for hydroxylation is 1. The molecule has 1 amide bonds. The van der Waals surface area contributed by atoms with Crippen molar-refractivity contribution >= 4 is 16.9 Å². The molecule has 0 fully saturated rings. The van der Waals surface area contributed by atoms with Gasteiger partial charge in [0.1, 0.15) is 23.0 Å². The van der Waals surface area contributed by atoms with Gasteiger partial charge in [-0.3, -0.25) is 4.79 Å². The van der Waals surface area contributed by atoms with Crippen molar-refractivity contribution in [3.63, 3.8) is 0 Å². The number of amides is 1. The van der Waals surface area contributed by atoms with Crippen LogP contribution in [0.5, 0.6) is 5.75 Å². The summed E-state index contributed by atoms with van der Waals surface area (Å²) in [5.41, 5.74) is 2.34. The van der Waals surface area contributed by atoms with Crippen molar-refractivity contribution in [2.24, 2.45) is 0 Å². The Hall–Kier alpha value is -3.61. The zero-order valence-corrected chi connectivity index (χ0v) is 18.1. The lowest BCUT2D eigenvalue weighted by molar-refractivity contribution is 0.0929. The van der Waals surface area contributed by atoms with Crippen LogP contribution in [0, 0.1) is 0 Å². The van der Waals surface area contributed by atoms with E-state index in [1.807, 2.05) is 48.5 Å². The van der Waals surface area contributed by atoms with Crippen LogP contribution in [0.25, 0.3) is 22.1 Å². The number of rotatable bonds is 6. The van der Waals surface area contributed by atoms with Gasteiger partial charge < -0.3 is 19.0 Å². The van der Waals surface area contributed by atoms with Crippen LogP contribution < -0.4 is 10.1 Å². The van der Waals surface area contributed by atoms with Crippen molar-refractivity contribution < 1.29 is 13.9 Å². The summed E-state index contributed by atoms with van der Waals surface area (Å²) in [7, 11) is 1.61.